The lowest BCUT2D eigenvalue weighted by Gasteiger charge is -2.17. The molecule has 0 spiro atoms. The maximum atomic E-state index is 12.3. The molecule has 0 aliphatic carbocycles. The lowest BCUT2D eigenvalue weighted by Crippen LogP contribution is -2.41. The van der Waals surface area contributed by atoms with Crippen LogP contribution in [0.25, 0.3) is 11.1 Å². The lowest BCUT2D eigenvalue weighted by atomic mass is 9.97. The molecule has 0 saturated heterocycles. The minimum Gasteiger partial charge on any atom is -0.440 e. The summed E-state index contributed by atoms with van der Waals surface area (Å²) < 4.78 is 5.77. The van der Waals surface area contributed by atoms with Crippen molar-refractivity contribution in [2.24, 2.45) is 0 Å². The highest BCUT2D eigenvalue weighted by atomic mass is 16.3. The van der Waals surface area contributed by atoms with Gasteiger partial charge in [0.05, 0.1) is 12.6 Å². The summed E-state index contributed by atoms with van der Waals surface area (Å²) in [7, 11) is 0. The maximum absolute atomic E-state index is 12.3. The third-order valence-corrected chi connectivity index (χ3v) is 4.17. The number of aliphatic hydroxyl groups excluding tert-OH is 1. The molecular weight excluding hydrogens is 342 g/mol. The van der Waals surface area contributed by atoms with Crippen molar-refractivity contribution in [3.05, 3.63) is 60.0 Å². The van der Waals surface area contributed by atoms with Crippen molar-refractivity contribution in [1.29, 1.82) is 0 Å². The summed E-state index contributed by atoms with van der Waals surface area (Å²) in [5, 5.41) is 15.1. The Morgan fingerprint density at radius 2 is 1.93 bits per heavy atom. The second-order valence-corrected chi connectivity index (χ2v) is 7.62. The summed E-state index contributed by atoms with van der Waals surface area (Å²) in [5.41, 5.74) is 2.86. The van der Waals surface area contributed by atoms with Gasteiger partial charge in [-0.3, -0.25) is 0 Å². The van der Waals surface area contributed by atoms with Crippen LogP contribution in [-0.4, -0.2) is 28.8 Å². The molecule has 0 aliphatic rings. The molecule has 1 unspecified atom stereocenters. The van der Waals surface area contributed by atoms with Gasteiger partial charge in [0.25, 0.3) is 0 Å². The number of amides is 2. The molecule has 2 amide bonds. The van der Waals surface area contributed by atoms with Crippen molar-refractivity contribution in [3.8, 4) is 0 Å². The van der Waals surface area contributed by atoms with Gasteiger partial charge in [-0.2, -0.15) is 0 Å². The van der Waals surface area contributed by atoms with Crippen LogP contribution >= 0.6 is 0 Å². The van der Waals surface area contributed by atoms with E-state index in [1.165, 1.54) is 0 Å². The van der Waals surface area contributed by atoms with Crippen molar-refractivity contribution >= 4 is 22.8 Å². The third-order valence-electron chi connectivity index (χ3n) is 4.17. The van der Waals surface area contributed by atoms with Gasteiger partial charge in [0.1, 0.15) is 5.52 Å². The molecular formula is C21H25N3O3. The van der Waals surface area contributed by atoms with Gasteiger partial charge in [0.2, 0.25) is 5.89 Å². The number of aliphatic hydroxyl groups is 1. The number of rotatable bonds is 5. The van der Waals surface area contributed by atoms with Gasteiger partial charge in [-0.25, -0.2) is 9.78 Å². The topological polar surface area (TPSA) is 87.4 Å². The van der Waals surface area contributed by atoms with E-state index >= 15 is 0 Å². The van der Waals surface area contributed by atoms with Crippen molar-refractivity contribution in [1.82, 2.24) is 10.3 Å². The Morgan fingerprint density at radius 1 is 1.19 bits per heavy atom. The number of hydrogen-bond donors (Lipinski definition) is 3. The summed E-state index contributed by atoms with van der Waals surface area (Å²) in [6, 6.07) is 14.3. The molecule has 0 fully saturated rings. The van der Waals surface area contributed by atoms with Crippen LogP contribution in [0.3, 0.4) is 0 Å². The summed E-state index contributed by atoms with van der Waals surface area (Å²) in [5.74, 6) is 0.655. The average Bonchev–Trinajstić information content (AvgIpc) is 3.06. The molecule has 1 aromatic heterocycles. The van der Waals surface area contributed by atoms with Gasteiger partial charge < -0.3 is 20.2 Å². The Labute approximate surface area is 158 Å². The molecule has 142 valence electrons. The molecule has 0 radical (unpaired) electrons. The zero-order chi connectivity index (χ0) is 19.4. The minimum atomic E-state index is -0.371. The minimum absolute atomic E-state index is 0.139. The molecule has 1 heterocycles. The number of benzene rings is 2. The molecule has 0 saturated carbocycles. The first-order valence-electron chi connectivity index (χ1n) is 8.98. The van der Waals surface area contributed by atoms with E-state index in [1.807, 2.05) is 51.1 Å². The summed E-state index contributed by atoms with van der Waals surface area (Å²) in [4.78, 5) is 16.8. The third kappa shape index (κ3) is 4.86. The predicted octanol–water partition coefficient (Wildman–Crippen LogP) is 3.85. The quantitative estimate of drug-likeness (QED) is 0.639. The zero-order valence-corrected chi connectivity index (χ0v) is 15.8. The monoisotopic (exact) mass is 367 g/mol. The Kier molecular flexibility index (Phi) is 5.46. The van der Waals surface area contributed by atoms with Gasteiger partial charge >= 0.3 is 6.03 Å². The highest BCUT2D eigenvalue weighted by Crippen LogP contribution is 2.27. The standard InChI is InChI=1S/C21H25N3O3/c1-21(2,3)19-24-17-12-15(9-10-18(17)27-19)22-20(26)23-16(13-25)11-14-7-5-4-6-8-14/h4-10,12,16,25H,11,13H2,1-3H3,(H2,22,23,26). The SMILES string of the molecule is CC(C)(C)c1nc2cc(NC(=O)NC(CO)Cc3ccccc3)ccc2o1. The molecule has 3 rings (SSSR count). The van der Waals surface area contributed by atoms with Crippen LogP contribution in [0.5, 0.6) is 0 Å². The Morgan fingerprint density at radius 3 is 2.59 bits per heavy atom. The van der Waals surface area contributed by atoms with E-state index in [9.17, 15) is 9.90 Å². The van der Waals surface area contributed by atoms with Crippen LogP contribution in [0.2, 0.25) is 0 Å². The molecule has 2 aromatic carbocycles. The van der Waals surface area contributed by atoms with Crippen LogP contribution in [0, 0.1) is 0 Å². The van der Waals surface area contributed by atoms with Gasteiger partial charge in [0, 0.05) is 11.1 Å². The first-order chi connectivity index (χ1) is 12.8. The van der Waals surface area contributed by atoms with Crippen molar-refractivity contribution in [2.45, 2.75) is 38.6 Å². The average molecular weight is 367 g/mol. The van der Waals surface area contributed by atoms with Crippen LogP contribution < -0.4 is 10.6 Å². The highest BCUT2D eigenvalue weighted by Gasteiger charge is 2.21. The summed E-state index contributed by atoms with van der Waals surface area (Å²) >= 11 is 0. The second kappa shape index (κ2) is 7.80. The number of nitrogens with zero attached hydrogens (tertiary/aromatic N) is 1. The number of carbonyl (C=O) groups is 1. The highest BCUT2D eigenvalue weighted by molar-refractivity contribution is 5.91. The Balaban J connectivity index is 1.66. The first kappa shape index (κ1) is 18.9. The number of nitrogens with one attached hydrogen (secondary N) is 2. The summed E-state index contributed by atoms with van der Waals surface area (Å²) in [6.07, 6.45) is 0.558. The van der Waals surface area contributed by atoms with Gasteiger partial charge in [-0.15, -0.1) is 0 Å². The fourth-order valence-electron chi connectivity index (χ4n) is 2.74. The van der Waals surface area contributed by atoms with Crippen molar-refractivity contribution in [3.63, 3.8) is 0 Å². The smallest absolute Gasteiger partial charge is 0.319 e. The Bertz CT molecular complexity index is 913. The van der Waals surface area contributed by atoms with E-state index < -0.39 is 0 Å². The van der Waals surface area contributed by atoms with E-state index in [0.717, 1.165) is 5.56 Å². The molecule has 3 N–H and O–H groups in total. The van der Waals surface area contributed by atoms with Crippen LogP contribution in [0.1, 0.15) is 32.2 Å². The maximum Gasteiger partial charge on any atom is 0.319 e. The van der Waals surface area contributed by atoms with Gasteiger partial charge in [-0.1, -0.05) is 51.1 Å². The van der Waals surface area contributed by atoms with E-state index in [1.54, 1.807) is 18.2 Å². The van der Waals surface area contributed by atoms with E-state index in [0.29, 0.717) is 29.1 Å². The van der Waals surface area contributed by atoms with E-state index in [-0.39, 0.29) is 24.1 Å². The largest absolute Gasteiger partial charge is 0.440 e. The molecule has 0 bridgehead atoms. The number of fused-ring (bicyclic) bond motifs is 1. The van der Waals surface area contributed by atoms with Crippen molar-refractivity contribution in [2.75, 3.05) is 11.9 Å². The normalized spacial score (nSPS) is 12.7. The number of urea groups is 1. The van der Waals surface area contributed by atoms with Crippen molar-refractivity contribution < 1.29 is 14.3 Å². The van der Waals surface area contributed by atoms with E-state index in [4.69, 9.17) is 4.42 Å². The number of carbonyl (C=O) groups excluding carboxylic acids is 1. The number of anilines is 1. The molecule has 0 aliphatic heterocycles. The molecule has 27 heavy (non-hydrogen) atoms. The first-order valence-corrected chi connectivity index (χ1v) is 8.98. The van der Waals surface area contributed by atoms with Crippen LogP contribution in [0.4, 0.5) is 10.5 Å². The molecule has 6 nitrogen and oxygen atoms in total. The van der Waals surface area contributed by atoms with Crippen LogP contribution in [0.15, 0.2) is 52.9 Å². The Hall–Kier alpha value is -2.86. The fourth-order valence-corrected chi connectivity index (χ4v) is 2.74. The second-order valence-electron chi connectivity index (χ2n) is 7.62. The van der Waals surface area contributed by atoms with E-state index in [2.05, 4.69) is 15.6 Å². The number of oxazole rings is 1. The van der Waals surface area contributed by atoms with Gasteiger partial charge in [-0.05, 0) is 30.2 Å². The van der Waals surface area contributed by atoms with Crippen LogP contribution in [-0.2, 0) is 11.8 Å². The summed E-state index contributed by atoms with van der Waals surface area (Å²) in [6.45, 7) is 5.96. The molecule has 6 heteroatoms. The number of hydrogen-bond acceptors (Lipinski definition) is 4. The van der Waals surface area contributed by atoms with Gasteiger partial charge in [0.15, 0.2) is 5.58 Å². The molecule has 3 aromatic rings. The molecule has 1 atom stereocenters. The lowest BCUT2D eigenvalue weighted by molar-refractivity contribution is 0.224. The number of aromatic nitrogens is 1. The predicted molar refractivity (Wildman–Crippen MR) is 106 cm³/mol. The fraction of sp³-hybridized carbons (Fsp3) is 0.333. The zero-order valence-electron chi connectivity index (χ0n) is 15.8.